The Balaban J connectivity index is 1.69. The van der Waals surface area contributed by atoms with Crippen LogP contribution in [-0.4, -0.2) is 38.4 Å². The summed E-state index contributed by atoms with van der Waals surface area (Å²) in [5, 5.41) is 0. The Morgan fingerprint density at radius 2 is 1.85 bits per heavy atom. The first-order valence-corrected chi connectivity index (χ1v) is 7.73. The Hall–Kier alpha value is -1.06. The van der Waals surface area contributed by atoms with Crippen LogP contribution in [0.1, 0.15) is 31.4 Å². The summed E-state index contributed by atoms with van der Waals surface area (Å²) in [5.41, 5.74) is 2.61. The van der Waals surface area contributed by atoms with E-state index in [1.165, 1.54) is 17.7 Å². The highest BCUT2D eigenvalue weighted by Crippen LogP contribution is 2.16. The van der Waals surface area contributed by atoms with E-state index in [9.17, 15) is 0 Å². The molecule has 2 rings (SSSR count). The van der Waals surface area contributed by atoms with Gasteiger partial charge in [-0.3, -0.25) is 0 Å². The molecule has 1 aromatic rings. The summed E-state index contributed by atoms with van der Waals surface area (Å²) in [7, 11) is 0. The first-order chi connectivity index (χ1) is 9.54. The van der Waals surface area contributed by atoms with Gasteiger partial charge >= 0.3 is 0 Å². The summed E-state index contributed by atoms with van der Waals surface area (Å²) in [6.07, 6.45) is 1.87. The molecule has 0 aromatic heterocycles. The van der Waals surface area contributed by atoms with Crippen LogP contribution in [0, 0.1) is 13.8 Å². The van der Waals surface area contributed by atoms with E-state index in [1.807, 2.05) is 0 Å². The van der Waals surface area contributed by atoms with Crippen LogP contribution in [0.3, 0.4) is 0 Å². The Bertz CT molecular complexity index is 423. The first kappa shape index (κ1) is 15.3. The third kappa shape index (κ3) is 4.50. The monoisotopic (exact) mass is 278 g/mol. The molecule has 0 unspecified atom stereocenters. The van der Waals surface area contributed by atoms with Gasteiger partial charge in [0.1, 0.15) is 31.0 Å². The van der Waals surface area contributed by atoms with Crippen LogP contribution in [0.4, 0.5) is 0 Å². The SMILES string of the molecule is Cc1ccc(OCCC[NH+]2C[C@@H](C)O[C@H](C)C2)cc1C. The van der Waals surface area contributed by atoms with E-state index >= 15 is 0 Å². The lowest BCUT2D eigenvalue weighted by atomic mass is 10.1. The standard InChI is InChI=1S/C17H27NO2/c1-13-6-7-17(10-14(13)2)19-9-5-8-18-11-15(3)20-16(4)12-18/h6-7,10,15-16H,5,8-9,11-12H2,1-4H3/p+1/t15-,16-/m1/s1. The van der Waals surface area contributed by atoms with Crippen molar-refractivity contribution in [2.45, 2.75) is 46.3 Å². The van der Waals surface area contributed by atoms with Crippen molar-refractivity contribution in [1.82, 2.24) is 0 Å². The van der Waals surface area contributed by atoms with Gasteiger partial charge in [-0.15, -0.1) is 0 Å². The van der Waals surface area contributed by atoms with Gasteiger partial charge in [-0.05, 0) is 51.0 Å². The lowest BCUT2D eigenvalue weighted by molar-refractivity contribution is -0.915. The van der Waals surface area contributed by atoms with Gasteiger partial charge in [0, 0.05) is 6.42 Å². The Morgan fingerprint density at radius 3 is 2.50 bits per heavy atom. The average Bonchev–Trinajstić information content (AvgIpc) is 2.38. The van der Waals surface area contributed by atoms with Crippen LogP contribution in [0.25, 0.3) is 0 Å². The molecule has 1 heterocycles. The van der Waals surface area contributed by atoms with Crippen molar-refractivity contribution >= 4 is 0 Å². The Labute approximate surface area is 122 Å². The fraction of sp³-hybridized carbons (Fsp3) is 0.647. The lowest BCUT2D eigenvalue weighted by Gasteiger charge is -2.32. The zero-order chi connectivity index (χ0) is 14.5. The van der Waals surface area contributed by atoms with Gasteiger partial charge in [0.05, 0.1) is 13.2 Å². The minimum Gasteiger partial charge on any atom is -0.493 e. The highest BCUT2D eigenvalue weighted by atomic mass is 16.5. The zero-order valence-electron chi connectivity index (χ0n) is 13.2. The van der Waals surface area contributed by atoms with Gasteiger partial charge in [0.15, 0.2) is 0 Å². The molecular formula is C17H28NO2+. The smallest absolute Gasteiger partial charge is 0.119 e. The largest absolute Gasteiger partial charge is 0.493 e. The molecule has 0 bridgehead atoms. The van der Waals surface area contributed by atoms with Crippen molar-refractivity contribution in [3.63, 3.8) is 0 Å². The molecule has 0 aliphatic carbocycles. The quantitative estimate of drug-likeness (QED) is 0.830. The normalized spacial score (nSPS) is 26.5. The lowest BCUT2D eigenvalue weighted by Crippen LogP contribution is -3.15. The summed E-state index contributed by atoms with van der Waals surface area (Å²) in [5.74, 6) is 0.992. The van der Waals surface area contributed by atoms with Gasteiger partial charge in [-0.25, -0.2) is 0 Å². The topological polar surface area (TPSA) is 22.9 Å². The highest BCUT2D eigenvalue weighted by Gasteiger charge is 2.24. The number of ether oxygens (including phenoxy) is 2. The highest BCUT2D eigenvalue weighted by molar-refractivity contribution is 5.33. The van der Waals surface area contributed by atoms with Crippen LogP contribution in [0.2, 0.25) is 0 Å². The summed E-state index contributed by atoms with van der Waals surface area (Å²) < 4.78 is 11.6. The van der Waals surface area contributed by atoms with Crippen molar-refractivity contribution in [2.24, 2.45) is 0 Å². The molecule has 3 heteroatoms. The van der Waals surface area contributed by atoms with Crippen molar-refractivity contribution in [1.29, 1.82) is 0 Å². The van der Waals surface area contributed by atoms with E-state index in [-0.39, 0.29) is 0 Å². The maximum atomic E-state index is 5.84. The van der Waals surface area contributed by atoms with Gasteiger partial charge in [0.2, 0.25) is 0 Å². The van der Waals surface area contributed by atoms with Gasteiger partial charge in [-0.1, -0.05) is 6.07 Å². The number of hydrogen-bond acceptors (Lipinski definition) is 2. The van der Waals surface area contributed by atoms with Crippen molar-refractivity contribution < 1.29 is 14.4 Å². The predicted octanol–water partition coefficient (Wildman–Crippen LogP) is 1.76. The van der Waals surface area contributed by atoms with Crippen LogP contribution < -0.4 is 9.64 Å². The third-order valence-electron chi connectivity index (χ3n) is 4.04. The number of nitrogens with one attached hydrogen (secondary N) is 1. The molecule has 2 atom stereocenters. The van der Waals surface area contributed by atoms with Crippen molar-refractivity contribution in [3.8, 4) is 5.75 Å². The maximum Gasteiger partial charge on any atom is 0.119 e. The van der Waals surface area contributed by atoms with Crippen LogP contribution >= 0.6 is 0 Å². The Kier molecular flexibility index (Phi) is 5.44. The molecule has 112 valence electrons. The van der Waals surface area contributed by atoms with Crippen LogP contribution in [-0.2, 0) is 4.74 Å². The number of morpholine rings is 1. The molecule has 1 aliphatic heterocycles. The molecule has 1 saturated heterocycles. The van der Waals surface area contributed by atoms with E-state index < -0.39 is 0 Å². The molecule has 1 N–H and O–H groups in total. The van der Waals surface area contributed by atoms with Gasteiger partial charge in [0.25, 0.3) is 0 Å². The summed E-state index contributed by atoms with van der Waals surface area (Å²) >= 11 is 0. The van der Waals surface area contributed by atoms with E-state index in [1.54, 1.807) is 4.90 Å². The maximum absolute atomic E-state index is 5.84. The first-order valence-electron chi connectivity index (χ1n) is 7.73. The molecular weight excluding hydrogens is 250 g/mol. The van der Waals surface area contributed by atoms with Crippen molar-refractivity contribution in [2.75, 3.05) is 26.2 Å². The predicted molar refractivity (Wildman–Crippen MR) is 81.6 cm³/mol. The molecule has 0 saturated carbocycles. The molecule has 1 fully saturated rings. The van der Waals surface area contributed by atoms with Crippen LogP contribution in [0.15, 0.2) is 18.2 Å². The van der Waals surface area contributed by atoms with E-state index in [0.717, 1.165) is 31.9 Å². The third-order valence-corrected chi connectivity index (χ3v) is 4.04. The second-order valence-corrected chi connectivity index (χ2v) is 6.11. The number of quaternary nitrogens is 1. The van der Waals surface area contributed by atoms with Crippen LogP contribution in [0.5, 0.6) is 5.75 Å². The fourth-order valence-corrected chi connectivity index (χ4v) is 2.91. The van der Waals surface area contributed by atoms with E-state index in [2.05, 4.69) is 45.9 Å². The van der Waals surface area contributed by atoms with Crippen molar-refractivity contribution in [3.05, 3.63) is 29.3 Å². The molecule has 20 heavy (non-hydrogen) atoms. The summed E-state index contributed by atoms with van der Waals surface area (Å²) in [4.78, 5) is 1.64. The second-order valence-electron chi connectivity index (χ2n) is 6.11. The number of aryl methyl sites for hydroxylation is 2. The fourth-order valence-electron chi connectivity index (χ4n) is 2.91. The molecule has 0 spiro atoms. The molecule has 3 nitrogen and oxygen atoms in total. The summed E-state index contributed by atoms with van der Waals surface area (Å²) in [6.45, 7) is 12.8. The second kappa shape index (κ2) is 7.09. The molecule has 1 aliphatic rings. The number of hydrogen-bond donors (Lipinski definition) is 1. The van der Waals surface area contributed by atoms with Gasteiger partial charge in [-0.2, -0.15) is 0 Å². The summed E-state index contributed by atoms with van der Waals surface area (Å²) in [6, 6.07) is 6.32. The van der Waals surface area contributed by atoms with E-state index in [4.69, 9.17) is 9.47 Å². The Morgan fingerprint density at radius 1 is 1.15 bits per heavy atom. The van der Waals surface area contributed by atoms with Gasteiger partial charge < -0.3 is 14.4 Å². The minimum atomic E-state index is 0.384. The molecule has 0 amide bonds. The average molecular weight is 278 g/mol. The zero-order valence-corrected chi connectivity index (χ0v) is 13.2. The molecule has 0 radical (unpaired) electrons. The number of rotatable bonds is 5. The minimum absolute atomic E-state index is 0.384. The number of benzene rings is 1. The molecule has 1 aromatic carbocycles. The van der Waals surface area contributed by atoms with E-state index in [0.29, 0.717) is 12.2 Å².